The Bertz CT molecular complexity index is 973. The van der Waals surface area contributed by atoms with Gasteiger partial charge in [0.05, 0.1) is 10.5 Å². The third-order valence-corrected chi connectivity index (χ3v) is 5.66. The van der Waals surface area contributed by atoms with Crippen LogP contribution in [0.3, 0.4) is 0 Å². The van der Waals surface area contributed by atoms with Crippen molar-refractivity contribution < 1.29 is 17.9 Å². The Morgan fingerprint density at radius 1 is 1.19 bits per heavy atom. The number of carbonyl (C=O) groups is 1. The van der Waals surface area contributed by atoms with Crippen LogP contribution in [0.4, 0.5) is 5.13 Å². The lowest BCUT2D eigenvalue weighted by Gasteiger charge is -2.13. The first-order valence-electron chi connectivity index (χ1n) is 7.59. The molecule has 0 unspecified atom stereocenters. The van der Waals surface area contributed by atoms with Crippen LogP contribution in [-0.2, 0) is 14.8 Å². The SMILES string of the molecule is C[C@@H](OC(=O)c1ccc(S(=O)(=O)Nc2nccs2)cc1)c1cccnc1. The first-order chi connectivity index (χ1) is 12.5. The van der Waals surface area contributed by atoms with E-state index in [1.807, 2.05) is 6.07 Å². The number of sulfonamides is 1. The van der Waals surface area contributed by atoms with Crippen LogP contribution in [0.25, 0.3) is 0 Å². The molecule has 0 spiro atoms. The average Bonchev–Trinajstić information content (AvgIpc) is 3.14. The zero-order valence-electron chi connectivity index (χ0n) is 13.7. The van der Waals surface area contributed by atoms with Gasteiger partial charge in [0, 0.05) is 29.5 Å². The van der Waals surface area contributed by atoms with Gasteiger partial charge in [0.15, 0.2) is 5.13 Å². The number of aromatic nitrogens is 2. The van der Waals surface area contributed by atoms with Crippen LogP contribution >= 0.6 is 11.3 Å². The van der Waals surface area contributed by atoms with Gasteiger partial charge in [-0.05, 0) is 37.3 Å². The van der Waals surface area contributed by atoms with Crippen molar-refractivity contribution in [3.63, 3.8) is 0 Å². The van der Waals surface area contributed by atoms with Crippen molar-refractivity contribution in [2.75, 3.05) is 4.72 Å². The molecular formula is C17H15N3O4S2. The van der Waals surface area contributed by atoms with Crippen LogP contribution in [0.15, 0.2) is 65.3 Å². The van der Waals surface area contributed by atoms with Gasteiger partial charge in [-0.25, -0.2) is 18.2 Å². The molecule has 0 radical (unpaired) electrons. The highest BCUT2D eigenvalue weighted by Gasteiger charge is 2.18. The van der Waals surface area contributed by atoms with Crippen molar-refractivity contribution in [3.05, 3.63) is 71.5 Å². The van der Waals surface area contributed by atoms with E-state index in [1.165, 1.54) is 41.8 Å². The Labute approximate surface area is 154 Å². The van der Waals surface area contributed by atoms with Crippen molar-refractivity contribution >= 4 is 32.5 Å². The third-order valence-electron chi connectivity index (χ3n) is 3.49. The molecule has 2 aromatic heterocycles. The highest BCUT2D eigenvalue weighted by Crippen LogP contribution is 2.20. The molecular weight excluding hydrogens is 374 g/mol. The van der Waals surface area contributed by atoms with E-state index >= 15 is 0 Å². The molecule has 0 saturated carbocycles. The second kappa shape index (κ2) is 7.63. The van der Waals surface area contributed by atoms with E-state index in [4.69, 9.17) is 4.74 Å². The Morgan fingerprint density at radius 2 is 1.96 bits per heavy atom. The summed E-state index contributed by atoms with van der Waals surface area (Å²) >= 11 is 1.18. The second-order valence-electron chi connectivity index (χ2n) is 5.30. The summed E-state index contributed by atoms with van der Waals surface area (Å²) in [5.41, 5.74) is 1.03. The van der Waals surface area contributed by atoms with Crippen LogP contribution in [0.5, 0.6) is 0 Å². The van der Waals surface area contributed by atoms with E-state index in [0.29, 0.717) is 0 Å². The molecule has 0 aliphatic heterocycles. The van der Waals surface area contributed by atoms with Crippen molar-refractivity contribution in [3.8, 4) is 0 Å². The van der Waals surface area contributed by atoms with Crippen molar-refractivity contribution in [2.24, 2.45) is 0 Å². The summed E-state index contributed by atoms with van der Waals surface area (Å²) in [6.45, 7) is 1.74. The summed E-state index contributed by atoms with van der Waals surface area (Å²) in [4.78, 5) is 20.1. The summed E-state index contributed by atoms with van der Waals surface area (Å²) < 4.78 is 32.3. The molecule has 3 rings (SSSR count). The van der Waals surface area contributed by atoms with Crippen LogP contribution in [-0.4, -0.2) is 24.4 Å². The molecule has 2 heterocycles. The Hall–Kier alpha value is -2.78. The number of ether oxygens (including phenoxy) is 1. The molecule has 0 fully saturated rings. The van der Waals surface area contributed by atoms with Gasteiger partial charge in [0.1, 0.15) is 6.10 Å². The molecule has 1 atom stereocenters. The fourth-order valence-corrected chi connectivity index (χ4v) is 3.92. The number of carbonyl (C=O) groups excluding carboxylic acids is 1. The van der Waals surface area contributed by atoms with Crippen LogP contribution in [0.1, 0.15) is 28.9 Å². The molecule has 1 N–H and O–H groups in total. The fourth-order valence-electron chi connectivity index (χ4n) is 2.13. The van der Waals surface area contributed by atoms with Gasteiger partial charge in [-0.2, -0.15) is 0 Å². The second-order valence-corrected chi connectivity index (χ2v) is 7.88. The molecule has 134 valence electrons. The predicted octanol–water partition coefficient (Wildman–Crippen LogP) is 3.26. The number of rotatable bonds is 6. The largest absolute Gasteiger partial charge is 0.454 e. The maximum atomic E-state index is 12.3. The summed E-state index contributed by atoms with van der Waals surface area (Å²) in [5, 5.41) is 1.94. The minimum Gasteiger partial charge on any atom is -0.454 e. The quantitative estimate of drug-likeness (QED) is 0.650. The normalized spacial score (nSPS) is 12.3. The topological polar surface area (TPSA) is 98.2 Å². The summed E-state index contributed by atoms with van der Waals surface area (Å²) in [6, 6.07) is 9.09. The Balaban J connectivity index is 1.70. The number of nitrogens with one attached hydrogen (secondary N) is 1. The highest BCUT2D eigenvalue weighted by atomic mass is 32.2. The van der Waals surface area contributed by atoms with Gasteiger partial charge < -0.3 is 4.74 Å². The van der Waals surface area contributed by atoms with Crippen LogP contribution < -0.4 is 4.72 Å². The van der Waals surface area contributed by atoms with Crippen LogP contribution in [0.2, 0.25) is 0 Å². The summed E-state index contributed by atoms with van der Waals surface area (Å²) in [5.74, 6) is -0.543. The number of nitrogens with zero attached hydrogens (tertiary/aromatic N) is 2. The minimum absolute atomic E-state index is 0.0320. The lowest BCUT2D eigenvalue weighted by atomic mass is 10.2. The fraction of sp³-hybridized carbons (Fsp3) is 0.118. The minimum atomic E-state index is -3.75. The molecule has 0 saturated heterocycles. The number of benzene rings is 1. The van der Waals surface area contributed by atoms with E-state index in [2.05, 4.69) is 14.7 Å². The average molecular weight is 389 g/mol. The first kappa shape index (κ1) is 18.0. The summed E-state index contributed by atoms with van der Waals surface area (Å²) in [7, 11) is -3.75. The molecule has 0 bridgehead atoms. The maximum absolute atomic E-state index is 12.3. The van der Waals surface area contributed by atoms with E-state index < -0.39 is 22.1 Å². The third kappa shape index (κ3) is 4.24. The number of hydrogen-bond donors (Lipinski definition) is 1. The molecule has 0 aliphatic rings. The predicted molar refractivity (Wildman–Crippen MR) is 97.4 cm³/mol. The van der Waals surface area contributed by atoms with Gasteiger partial charge in [0.25, 0.3) is 10.0 Å². The lowest BCUT2D eigenvalue weighted by Crippen LogP contribution is -2.13. The number of anilines is 1. The van der Waals surface area contributed by atoms with Crippen molar-refractivity contribution in [2.45, 2.75) is 17.9 Å². The molecule has 26 heavy (non-hydrogen) atoms. The zero-order valence-corrected chi connectivity index (χ0v) is 15.3. The van der Waals surface area contributed by atoms with E-state index in [1.54, 1.807) is 30.8 Å². The van der Waals surface area contributed by atoms with Crippen molar-refractivity contribution in [1.82, 2.24) is 9.97 Å². The lowest BCUT2D eigenvalue weighted by molar-refractivity contribution is 0.0337. The van der Waals surface area contributed by atoms with Crippen LogP contribution in [0, 0.1) is 0 Å². The summed E-state index contributed by atoms with van der Waals surface area (Å²) in [6.07, 6.45) is 4.30. The number of hydrogen-bond acceptors (Lipinski definition) is 7. The van der Waals surface area contributed by atoms with E-state index in [0.717, 1.165) is 5.56 Å². The van der Waals surface area contributed by atoms with Crippen molar-refractivity contribution in [1.29, 1.82) is 0 Å². The number of thiazole rings is 1. The van der Waals surface area contributed by atoms with E-state index in [9.17, 15) is 13.2 Å². The van der Waals surface area contributed by atoms with Gasteiger partial charge >= 0.3 is 5.97 Å². The first-order valence-corrected chi connectivity index (χ1v) is 9.95. The molecule has 0 aliphatic carbocycles. The Kier molecular flexibility index (Phi) is 5.29. The molecule has 7 nitrogen and oxygen atoms in total. The Morgan fingerprint density at radius 3 is 2.58 bits per heavy atom. The van der Waals surface area contributed by atoms with Gasteiger partial charge in [-0.15, -0.1) is 11.3 Å². The standard InChI is InChI=1S/C17H15N3O4S2/c1-12(14-3-2-8-18-11-14)24-16(21)13-4-6-15(7-5-13)26(22,23)20-17-19-9-10-25-17/h2-12H,1H3,(H,19,20)/t12-/m1/s1. The van der Waals surface area contributed by atoms with Gasteiger partial charge in [-0.3, -0.25) is 9.71 Å². The molecule has 9 heteroatoms. The monoisotopic (exact) mass is 389 g/mol. The zero-order chi connectivity index (χ0) is 18.6. The van der Waals surface area contributed by atoms with Gasteiger partial charge in [-0.1, -0.05) is 6.07 Å². The smallest absolute Gasteiger partial charge is 0.338 e. The van der Waals surface area contributed by atoms with Gasteiger partial charge in [0.2, 0.25) is 0 Å². The molecule has 0 amide bonds. The number of esters is 1. The maximum Gasteiger partial charge on any atom is 0.338 e. The number of pyridine rings is 1. The molecule has 3 aromatic rings. The van der Waals surface area contributed by atoms with E-state index in [-0.39, 0.29) is 15.6 Å². The molecule has 1 aromatic carbocycles. The highest BCUT2D eigenvalue weighted by molar-refractivity contribution is 7.93.